The second kappa shape index (κ2) is 22.4. The molecule has 3 aliphatic heterocycles. The molecule has 3 heterocycles. The zero-order valence-corrected chi connectivity index (χ0v) is 35.4. The standard InChI is InChI=1S/C24H32F2N2O5.C20H25F2NO3.ClH/c1-24(2,3)33-23(31)28-12-4-5-19(28)21(30)27-13-10-17(11-14-27)20(29)15-16-6-8-18(9-7-16)32-22(25)26;21-20(22)26-17-7-5-14(6-8-17)13-18(24)15-9-11-23(12-10-15)19(25)16-3-1-2-4-16;/h6-9,17,19,22H,4-5,10-15H2,1-3H3;5-8,15-16,20H,1-4,9-13H2;1H/t19-;;/m1../s1. The summed E-state index contributed by atoms with van der Waals surface area (Å²) in [6, 6.07) is 11.8. The topological polar surface area (TPSA) is 123 Å². The molecule has 4 fully saturated rings. The molecule has 3 saturated heterocycles. The van der Waals surface area contributed by atoms with Gasteiger partial charge in [0.1, 0.15) is 34.7 Å². The fourth-order valence-electron chi connectivity index (χ4n) is 8.32. The molecule has 0 radical (unpaired) electrons. The van der Waals surface area contributed by atoms with Crippen LogP contribution in [0.4, 0.5) is 22.4 Å². The first kappa shape index (κ1) is 48.3. The third kappa shape index (κ3) is 14.4. The number of rotatable bonds is 12. The van der Waals surface area contributed by atoms with E-state index in [2.05, 4.69) is 9.47 Å². The predicted molar refractivity (Wildman–Crippen MR) is 217 cm³/mol. The third-order valence-electron chi connectivity index (χ3n) is 11.4. The summed E-state index contributed by atoms with van der Waals surface area (Å²) < 4.78 is 62.9. The van der Waals surface area contributed by atoms with Gasteiger partial charge >= 0.3 is 19.3 Å². The number of hydrogen-bond acceptors (Lipinski definition) is 8. The number of ether oxygens (including phenoxy) is 3. The van der Waals surface area contributed by atoms with Crippen molar-refractivity contribution in [3.8, 4) is 11.5 Å². The number of piperidine rings is 2. The highest BCUT2D eigenvalue weighted by atomic mass is 35.5. The summed E-state index contributed by atoms with van der Waals surface area (Å²) in [6.07, 6.45) is 8.26. The molecule has 1 aliphatic carbocycles. The minimum atomic E-state index is -2.88. The molecule has 1 saturated carbocycles. The van der Waals surface area contributed by atoms with E-state index in [-0.39, 0.29) is 77.9 Å². The van der Waals surface area contributed by atoms with Gasteiger partial charge in [0, 0.05) is 63.3 Å². The number of benzene rings is 2. The first-order valence-corrected chi connectivity index (χ1v) is 20.8. The number of halogens is 5. The summed E-state index contributed by atoms with van der Waals surface area (Å²) in [5.74, 6) is 0.561. The van der Waals surface area contributed by atoms with Crippen molar-refractivity contribution in [3.63, 3.8) is 0 Å². The largest absolute Gasteiger partial charge is 0.444 e. The summed E-state index contributed by atoms with van der Waals surface area (Å²) in [5, 5.41) is 0. The van der Waals surface area contributed by atoms with Gasteiger partial charge in [-0.2, -0.15) is 17.6 Å². The van der Waals surface area contributed by atoms with E-state index >= 15 is 0 Å². The van der Waals surface area contributed by atoms with Crippen molar-refractivity contribution in [2.24, 2.45) is 17.8 Å². The van der Waals surface area contributed by atoms with Crippen LogP contribution < -0.4 is 9.47 Å². The summed E-state index contributed by atoms with van der Waals surface area (Å²) in [4.78, 5) is 68.4. The number of alkyl halides is 4. The van der Waals surface area contributed by atoms with Gasteiger partial charge in [0.25, 0.3) is 0 Å². The molecule has 60 heavy (non-hydrogen) atoms. The third-order valence-corrected chi connectivity index (χ3v) is 11.4. The summed E-state index contributed by atoms with van der Waals surface area (Å²) >= 11 is 0. The molecule has 11 nitrogen and oxygen atoms in total. The Balaban J connectivity index is 0.000000267. The molecule has 4 aliphatic rings. The molecular formula is C44H58ClF4N3O8. The zero-order chi connectivity index (χ0) is 42.7. The zero-order valence-electron chi connectivity index (χ0n) is 34.6. The van der Waals surface area contributed by atoms with Gasteiger partial charge in [-0.25, -0.2) is 4.79 Å². The molecule has 2 aromatic rings. The van der Waals surface area contributed by atoms with Gasteiger partial charge in [-0.15, -0.1) is 12.4 Å². The molecule has 0 spiro atoms. The van der Waals surface area contributed by atoms with Gasteiger partial charge in [-0.1, -0.05) is 37.1 Å². The van der Waals surface area contributed by atoms with Gasteiger partial charge in [-0.3, -0.25) is 24.1 Å². The SMILES string of the molecule is CC(C)(C)OC(=O)N1CCC[C@@H]1C(=O)N1CCC(C(=O)Cc2ccc(OC(F)F)cc2)CC1.Cl.O=C(Cc1ccc(OC(F)F)cc1)C1CCN(C(=O)C2CCCC2)CC1. The van der Waals surface area contributed by atoms with Crippen molar-refractivity contribution in [1.29, 1.82) is 0 Å². The number of amides is 3. The van der Waals surface area contributed by atoms with Gasteiger partial charge < -0.3 is 24.0 Å². The quantitative estimate of drug-likeness (QED) is 0.196. The van der Waals surface area contributed by atoms with Crippen LogP contribution >= 0.6 is 12.4 Å². The maximum atomic E-state index is 13.1. The van der Waals surface area contributed by atoms with Crippen LogP contribution in [-0.2, 0) is 36.8 Å². The lowest BCUT2D eigenvalue weighted by Crippen LogP contribution is -2.51. The van der Waals surface area contributed by atoms with Crippen LogP contribution in [0.3, 0.4) is 0 Å². The van der Waals surface area contributed by atoms with Crippen molar-refractivity contribution in [2.75, 3.05) is 32.7 Å². The van der Waals surface area contributed by atoms with Crippen molar-refractivity contribution in [1.82, 2.24) is 14.7 Å². The molecule has 1 atom stereocenters. The molecule has 0 aromatic heterocycles. The minimum absolute atomic E-state index is 0. The Morgan fingerprint density at radius 1 is 0.583 bits per heavy atom. The average Bonchev–Trinajstić information content (AvgIpc) is 3.92. The van der Waals surface area contributed by atoms with Crippen LogP contribution in [0.15, 0.2) is 48.5 Å². The molecular weight excluding hydrogens is 810 g/mol. The van der Waals surface area contributed by atoms with E-state index in [1.165, 1.54) is 29.2 Å². The predicted octanol–water partition coefficient (Wildman–Crippen LogP) is 8.29. The normalized spacial score (nSPS) is 19.1. The number of hydrogen-bond donors (Lipinski definition) is 0. The molecule has 0 unspecified atom stereocenters. The van der Waals surface area contributed by atoms with Gasteiger partial charge in [0.2, 0.25) is 11.8 Å². The van der Waals surface area contributed by atoms with Crippen LogP contribution in [0.2, 0.25) is 0 Å². The van der Waals surface area contributed by atoms with Gasteiger partial charge in [0.05, 0.1) is 0 Å². The summed E-state index contributed by atoms with van der Waals surface area (Å²) in [7, 11) is 0. The highest BCUT2D eigenvalue weighted by molar-refractivity contribution is 5.88. The Hall–Kier alpha value is -4.40. The van der Waals surface area contributed by atoms with E-state index in [0.717, 1.165) is 43.2 Å². The highest BCUT2D eigenvalue weighted by Crippen LogP contribution is 2.30. The van der Waals surface area contributed by atoms with Crippen LogP contribution in [0, 0.1) is 17.8 Å². The molecule has 3 amide bonds. The molecule has 2 aromatic carbocycles. The first-order valence-electron chi connectivity index (χ1n) is 20.8. The molecule has 16 heteroatoms. The van der Waals surface area contributed by atoms with Crippen LogP contribution in [0.5, 0.6) is 11.5 Å². The molecule has 0 N–H and O–H groups in total. The van der Waals surface area contributed by atoms with Crippen molar-refractivity contribution < 1.29 is 55.7 Å². The fraction of sp³-hybridized carbons (Fsp3) is 0.614. The van der Waals surface area contributed by atoms with E-state index in [0.29, 0.717) is 64.8 Å². The Labute approximate surface area is 355 Å². The van der Waals surface area contributed by atoms with Crippen LogP contribution in [0.25, 0.3) is 0 Å². The lowest BCUT2D eigenvalue weighted by molar-refractivity contribution is -0.139. The van der Waals surface area contributed by atoms with Crippen molar-refractivity contribution in [2.45, 2.75) is 123 Å². The maximum Gasteiger partial charge on any atom is 0.410 e. The summed E-state index contributed by atoms with van der Waals surface area (Å²) in [5.41, 5.74) is 0.905. The number of Topliss-reactive ketones (excluding diaryl/α,β-unsaturated/α-hetero) is 2. The van der Waals surface area contributed by atoms with E-state index in [1.807, 2.05) is 4.90 Å². The Morgan fingerprint density at radius 2 is 1.00 bits per heavy atom. The number of carbonyl (C=O) groups excluding carboxylic acids is 5. The first-order chi connectivity index (χ1) is 28.1. The van der Waals surface area contributed by atoms with E-state index in [9.17, 15) is 41.5 Å². The minimum Gasteiger partial charge on any atom is -0.444 e. The van der Waals surface area contributed by atoms with Gasteiger partial charge in [0.15, 0.2) is 0 Å². The van der Waals surface area contributed by atoms with Gasteiger partial charge in [-0.05, 0) is 108 Å². The summed E-state index contributed by atoms with van der Waals surface area (Å²) in [6.45, 7) is 2.41. The van der Waals surface area contributed by atoms with Crippen molar-refractivity contribution >= 4 is 41.9 Å². The second-order valence-electron chi connectivity index (χ2n) is 16.8. The molecule has 6 rings (SSSR count). The monoisotopic (exact) mass is 867 g/mol. The average molecular weight is 868 g/mol. The maximum absolute atomic E-state index is 13.1. The second-order valence-corrected chi connectivity index (χ2v) is 16.8. The van der Waals surface area contributed by atoms with E-state index in [4.69, 9.17) is 4.74 Å². The lowest BCUT2D eigenvalue weighted by Gasteiger charge is -2.35. The number of nitrogens with zero attached hydrogens (tertiary/aromatic N) is 3. The smallest absolute Gasteiger partial charge is 0.410 e. The Kier molecular flexibility index (Phi) is 18.1. The Morgan fingerprint density at radius 3 is 1.40 bits per heavy atom. The lowest BCUT2D eigenvalue weighted by atomic mass is 9.88. The number of likely N-dealkylation sites (tertiary alicyclic amines) is 3. The number of carbonyl (C=O) groups is 5. The molecule has 332 valence electrons. The number of ketones is 2. The van der Waals surface area contributed by atoms with E-state index < -0.39 is 31.0 Å². The van der Waals surface area contributed by atoms with E-state index in [1.54, 1.807) is 49.9 Å². The highest BCUT2D eigenvalue weighted by Gasteiger charge is 2.40. The fourth-order valence-corrected chi connectivity index (χ4v) is 8.32. The van der Waals surface area contributed by atoms with Crippen LogP contribution in [0.1, 0.15) is 96.1 Å². The van der Waals surface area contributed by atoms with Crippen molar-refractivity contribution in [3.05, 3.63) is 59.7 Å². The van der Waals surface area contributed by atoms with Crippen LogP contribution in [-0.4, -0.2) is 102 Å². The molecule has 0 bridgehead atoms. The Bertz CT molecular complexity index is 1720.